The summed E-state index contributed by atoms with van der Waals surface area (Å²) < 4.78 is 10.2. The zero-order valence-electron chi connectivity index (χ0n) is 9.15. The normalized spacial score (nSPS) is 12.9. The Balaban J connectivity index is 2.01. The van der Waals surface area contributed by atoms with Crippen molar-refractivity contribution in [1.29, 1.82) is 0 Å². The van der Waals surface area contributed by atoms with Crippen molar-refractivity contribution >= 4 is 11.3 Å². The molecule has 1 aromatic rings. The molecule has 0 radical (unpaired) electrons. The minimum atomic E-state index is 0.196. The maximum Gasteiger partial charge on any atom is 0.0700 e. The number of hydrogen-bond acceptors (Lipinski definition) is 4. The van der Waals surface area contributed by atoms with E-state index in [0.717, 1.165) is 12.8 Å². The number of methoxy groups -OCH3 is 1. The molecule has 0 fully saturated rings. The van der Waals surface area contributed by atoms with Crippen LogP contribution >= 0.6 is 11.3 Å². The van der Waals surface area contributed by atoms with E-state index in [2.05, 4.69) is 16.8 Å². The molecule has 86 valence electrons. The van der Waals surface area contributed by atoms with E-state index in [1.165, 1.54) is 5.56 Å². The van der Waals surface area contributed by atoms with Gasteiger partial charge in [-0.1, -0.05) is 0 Å². The molecule has 1 unspecified atom stereocenters. The molecule has 0 aromatic carbocycles. The molecular weight excluding hydrogens is 210 g/mol. The van der Waals surface area contributed by atoms with E-state index in [1.54, 1.807) is 18.4 Å². The predicted molar refractivity (Wildman–Crippen MR) is 63.3 cm³/mol. The van der Waals surface area contributed by atoms with Gasteiger partial charge in [0, 0.05) is 19.8 Å². The molecule has 0 spiro atoms. The first-order valence-electron chi connectivity index (χ1n) is 5.16. The summed E-state index contributed by atoms with van der Waals surface area (Å²) in [5.41, 5.74) is 7.30. The third-order valence-corrected chi connectivity index (χ3v) is 2.87. The van der Waals surface area contributed by atoms with Gasteiger partial charge in [-0.3, -0.25) is 0 Å². The molecule has 1 heterocycles. The van der Waals surface area contributed by atoms with Gasteiger partial charge in [-0.25, -0.2) is 0 Å². The van der Waals surface area contributed by atoms with Crippen molar-refractivity contribution in [2.24, 2.45) is 5.73 Å². The fraction of sp³-hybridized carbons (Fsp3) is 0.636. The standard InChI is InChI=1S/C11H19NO2S/c1-13-5-6-14-4-2-11(12)8-10-3-7-15-9-10/h3,7,9,11H,2,4-6,8,12H2,1H3. The van der Waals surface area contributed by atoms with Gasteiger partial charge in [0.05, 0.1) is 13.2 Å². The predicted octanol–water partition coefficient (Wildman–Crippen LogP) is 1.67. The average Bonchev–Trinajstić information content (AvgIpc) is 2.70. The highest BCUT2D eigenvalue weighted by Gasteiger charge is 2.04. The molecule has 0 amide bonds. The molecule has 0 bridgehead atoms. The summed E-state index contributed by atoms with van der Waals surface area (Å²) >= 11 is 1.71. The highest BCUT2D eigenvalue weighted by atomic mass is 32.1. The highest BCUT2D eigenvalue weighted by molar-refractivity contribution is 7.07. The van der Waals surface area contributed by atoms with E-state index in [0.29, 0.717) is 19.8 Å². The van der Waals surface area contributed by atoms with E-state index < -0.39 is 0 Å². The minimum absolute atomic E-state index is 0.196. The van der Waals surface area contributed by atoms with Gasteiger partial charge in [-0.05, 0) is 35.2 Å². The van der Waals surface area contributed by atoms with Crippen molar-refractivity contribution in [3.8, 4) is 0 Å². The van der Waals surface area contributed by atoms with Gasteiger partial charge >= 0.3 is 0 Å². The Morgan fingerprint density at radius 3 is 2.93 bits per heavy atom. The lowest BCUT2D eigenvalue weighted by Crippen LogP contribution is -2.24. The fourth-order valence-electron chi connectivity index (χ4n) is 1.29. The summed E-state index contributed by atoms with van der Waals surface area (Å²) in [5.74, 6) is 0. The Bertz CT molecular complexity index is 239. The quantitative estimate of drug-likeness (QED) is 0.690. The molecule has 0 aliphatic heterocycles. The third kappa shape index (κ3) is 5.89. The molecule has 0 aliphatic rings. The van der Waals surface area contributed by atoms with Crippen molar-refractivity contribution in [2.75, 3.05) is 26.9 Å². The Morgan fingerprint density at radius 2 is 2.27 bits per heavy atom. The molecule has 4 heteroatoms. The maximum atomic E-state index is 5.97. The van der Waals surface area contributed by atoms with Gasteiger partial charge in [-0.2, -0.15) is 11.3 Å². The number of thiophene rings is 1. The van der Waals surface area contributed by atoms with Crippen molar-refractivity contribution in [3.05, 3.63) is 22.4 Å². The molecule has 15 heavy (non-hydrogen) atoms. The fourth-order valence-corrected chi connectivity index (χ4v) is 1.97. The van der Waals surface area contributed by atoms with Crippen molar-refractivity contribution in [3.63, 3.8) is 0 Å². The van der Waals surface area contributed by atoms with Crippen LogP contribution in [0.2, 0.25) is 0 Å². The maximum absolute atomic E-state index is 5.97. The molecule has 1 aromatic heterocycles. The average molecular weight is 229 g/mol. The second kappa shape index (κ2) is 7.82. The summed E-state index contributed by atoms with van der Waals surface area (Å²) in [6, 6.07) is 2.32. The van der Waals surface area contributed by atoms with Crippen LogP contribution in [-0.2, 0) is 15.9 Å². The summed E-state index contributed by atoms with van der Waals surface area (Å²) in [4.78, 5) is 0. The lowest BCUT2D eigenvalue weighted by Gasteiger charge is -2.10. The van der Waals surface area contributed by atoms with Crippen LogP contribution in [0, 0.1) is 0 Å². The molecule has 1 rings (SSSR count). The number of nitrogens with two attached hydrogens (primary N) is 1. The van der Waals surface area contributed by atoms with Crippen molar-refractivity contribution < 1.29 is 9.47 Å². The van der Waals surface area contributed by atoms with Crippen LogP contribution in [0.3, 0.4) is 0 Å². The van der Waals surface area contributed by atoms with Crippen LogP contribution in [0.5, 0.6) is 0 Å². The largest absolute Gasteiger partial charge is 0.382 e. The summed E-state index contributed by atoms with van der Waals surface area (Å²) in [6.45, 7) is 2.02. The number of ether oxygens (including phenoxy) is 2. The second-order valence-electron chi connectivity index (χ2n) is 3.49. The molecule has 1 atom stereocenters. The van der Waals surface area contributed by atoms with E-state index in [-0.39, 0.29) is 6.04 Å². The van der Waals surface area contributed by atoms with Crippen LogP contribution < -0.4 is 5.73 Å². The van der Waals surface area contributed by atoms with Gasteiger partial charge < -0.3 is 15.2 Å². The second-order valence-corrected chi connectivity index (χ2v) is 4.27. The van der Waals surface area contributed by atoms with Crippen LogP contribution in [0.25, 0.3) is 0 Å². The Labute approximate surface area is 95.2 Å². The highest BCUT2D eigenvalue weighted by Crippen LogP contribution is 2.09. The lowest BCUT2D eigenvalue weighted by atomic mass is 10.1. The first-order chi connectivity index (χ1) is 7.33. The van der Waals surface area contributed by atoms with E-state index in [4.69, 9.17) is 15.2 Å². The van der Waals surface area contributed by atoms with Crippen LogP contribution in [-0.4, -0.2) is 33.0 Å². The van der Waals surface area contributed by atoms with Gasteiger partial charge in [-0.15, -0.1) is 0 Å². The zero-order valence-corrected chi connectivity index (χ0v) is 9.96. The van der Waals surface area contributed by atoms with Gasteiger partial charge in [0.2, 0.25) is 0 Å². The third-order valence-electron chi connectivity index (χ3n) is 2.14. The first kappa shape index (κ1) is 12.6. The number of hydrogen-bond donors (Lipinski definition) is 1. The van der Waals surface area contributed by atoms with E-state index in [9.17, 15) is 0 Å². The molecule has 0 aliphatic carbocycles. The van der Waals surface area contributed by atoms with Crippen LogP contribution in [0.15, 0.2) is 16.8 Å². The zero-order chi connectivity index (χ0) is 10.9. The molecule has 2 N–H and O–H groups in total. The molecule has 0 saturated heterocycles. The van der Waals surface area contributed by atoms with Gasteiger partial charge in [0.1, 0.15) is 0 Å². The van der Waals surface area contributed by atoms with Crippen molar-refractivity contribution in [2.45, 2.75) is 18.9 Å². The molecular formula is C11H19NO2S. The van der Waals surface area contributed by atoms with E-state index >= 15 is 0 Å². The monoisotopic (exact) mass is 229 g/mol. The van der Waals surface area contributed by atoms with Crippen LogP contribution in [0.4, 0.5) is 0 Å². The summed E-state index contributed by atoms with van der Waals surface area (Å²) in [5, 5.41) is 4.22. The van der Waals surface area contributed by atoms with Gasteiger partial charge in [0.25, 0.3) is 0 Å². The minimum Gasteiger partial charge on any atom is -0.382 e. The molecule has 0 saturated carbocycles. The summed E-state index contributed by atoms with van der Waals surface area (Å²) in [7, 11) is 1.67. The smallest absolute Gasteiger partial charge is 0.0700 e. The first-order valence-corrected chi connectivity index (χ1v) is 6.10. The number of rotatable bonds is 8. The molecule has 3 nitrogen and oxygen atoms in total. The Morgan fingerprint density at radius 1 is 1.40 bits per heavy atom. The topological polar surface area (TPSA) is 44.5 Å². The van der Waals surface area contributed by atoms with E-state index in [1.807, 2.05) is 0 Å². The Kier molecular flexibility index (Phi) is 6.59. The van der Waals surface area contributed by atoms with Crippen molar-refractivity contribution in [1.82, 2.24) is 0 Å². The SMILES string of the molecule is COCCOCCC(N)Cc1ccsc1. The summed E-state index contributed by atoms with van der Waals surface area (Å²) in [6.07, 6.45) is 1.84. The van der Waals surface area contributed by atoms with Crippen LogP contribution in [0.1, 0.15) is 12.0 Å². The lowest BCUT2D eigenvalue weighted by molar-refractivity contribution is 0.0672. The van der Waals surface area contributed by atoms with Gasteiger partial charge in [0.15, 0.2) is 0 Å². The Hall–Kier alpha value is -0.420.